The molecule has 5 rings (SSSR count). The summed E-state index contributed by atoms with van der Waals surface area (Å²) in [6, 6.07) is 7.67. The molecule has 3 aromatic heterocycles. The third-order valence-corrected chi connectivity index (χ3v) is 6.93. The third kappa shape index (κ3) is 6.65. The Hall–Kier alpha value is -4.45. The number of hydrogen-bond acceptors (Lipinski definition) is 8. The van der Waals surface area contributed by atoms with E-state index >= 15 is 0 Å². The number of alkyl carbamates (subject to hydrolysis) is 1. The van der Waals surface area contributed by atoms with Gasteiger partial charge in [-0.15, -0.1) is 0 Å². The SMILES string of the molecule is Cc1cnc(Nc2cc(C)n(C)n2)nc1-c1c[nH]c2c(NC(=O)CN3CC[C@H](NC(=O)OC(C)(C)C)C3)cccc12. The van der Waals surface area contributed by atoms with E-state index in [9.17, 15) is 9.59 Å². The van der Waals surface area contributed by atoms with E-state index < -0.39 is 11.7 Å². The Kier molecular flexibility index (Phi) is 7.68. The summed E-state index contributed by atoms with van der Waals surface area (Å²) in [6.45, 7) is 11.0. The highest BCUT2D eigenvalue weighted by atomic mass is 16.6. The van der Waals surface area contributed by atoms with Crippen LogP contribution in [0, 0.1) is 13.8 Å². The number of aromatic amines is 1. The first-order chi connectivity index (χ1) is 19.4. The predicted octanol–water partition coefficient (Wildman–Crippen LogP) is 4.26. The number of hydrogen-bond donors (Lipinski definition) is 4. The fourth-order valence-corrected chi connectivity index (χ4v) is 4.93. The van der Waals surface area contributed by atoms with Gasteiger partial charge in [-0.25, -0.2) is 14.8 Å². The van der Waals surface area contributed by atoms with Crippen LogP contribution in [0.3, 0.4) is 0 Å². The number of ether oxygens (including phenoxy) is 1. The normalized spacial score (nSPS) is 15.7. The van der Waals surface area contributed by atoms with E-state index in [0.29, 0.717) is 30.5 Å². The molecule has 0 radical (unpaired) electrons. The first-order valence-electron chi connectivity index (χ1n) is 13.7. The molecule has 0 saturated carbocycles. The number of anilines is 3. The highest BCUT2D eigenvalue weighted by Gasteiger charge is 2.27. The molecule has 1 saturated heterocycles. The number of likely N-dealkylation sites (tertiary alicyclic amines) is 1. The molecule has 4 aromatic rings. The number of amides is 2. The van der Waals surface area contributed by atoms with Crippen molar-refractivity contribution in [2.45, 2.75) is 52.7 Å². The van der Waals surface area contributed by atoms with Gasteiger partial charge in [0, 0.05) is 61.3 Å². The molecular weight excluding hydrogens is 522 g/mol. The number of fused-ring (bicyclic) bond motifs is 1. The average Bonchev–Trinajstić information content (AvgIpc) is 3.58. The quantitative estimate of drug-likeness (QED) is 0.263. The van der Waals surface area contributed by atoms with Crippen molar-refractivity contribution in [3.05, 3.63) is 47.9 Å². The lowest BCUT2D eigenvalue weighted by Gasteiger charge is -2.22. The number of benzene rings is 1. The van der Waals surface area contributed by atoms with Crippen molar-refractivity contribution in [3.8, 4) is 11.3 Å². The highest BCUT2D eigenvalue weighted by molar-refractivity contribution is 6.06. The largest absolute Gasteiger partial charge is 0.444 e. The summed E-state index contributed by atoms with van der Waals surface area (Å²) in [5, 5.41) is 14.5. The number of para-hydroxylation sites is 1. The molecule has 0 aliphatic carbocycles. The molecule has 12 heteroatoms. The Morgan fingerprint density at radius 3 is 2.76 bits per heavy atom. The number of nitrogens with one attached hydrogen (secondary N) is 4. The standard InChI is InChI=1S/C29H37N9O3/c1-17-13-31-27(34-23-12-18(2)37(6)36-23)35-25(17)21-14-30-26-20(21)8-7-9-22(26)33-24(39)16-38-11-10-19(15-38)32-28(40)41-29(3,4)5/h7-9,12-14,19,30H,10-11,15-16H2,1-6H3,(H,32,40)(H,33,39)(H,31,34,35,36)/t19-/m0/s1. The summed E-state index contributed by atoms with van der Waals surface area (Å²) < 4.78 is 7.14. The molecule has 1 atom stereocenters. The van der Waals surface area contributed by atoms with Crippen LogP contribution >= 0.6 is 0 Å². The van der Waals surface area contributed by atoms with E-state index in [4.69, 9.17) is 9.72 Å². The predicted molar refractivity (Wildman–Crippen MR) is 158 cm³/mol. The van der Waals surface area contributed by atoms with E-state index in [1.165, 1.54) is 0 Å². The zero-order chi connectivity index (χ0) is 29.3. The molecular formula is C29H37N9O3. The maximum absolute atomic E-state index is 13.0. The average molecular weight is 560 g/mol. The molecule has 4 N–H and O–H groups in total. The molecule has 1 fully saturated rings. The number of rotatable bonds is 7. The number of aryl methyl sites for hydroxylation is 3. The van der Waals surface area contributed by atoms with Gasteiger partial charge in [0.25, 0.3) is 0 Å². The minimum absolute atomic E-state index is 0.0516. The Morgan fingerprint density at radius 1 is 1.22 bits per heavy atom. The van der Waals surface area contributed by atoms with Crippen LogP contribution in [-0.2, 0) is 16.6 Å². The molecule has 41 heavy (non-hydrogen) atoms. The van der Waals surface area contributed by atoms with Gasteiger partial charge in [-0.2, -0.15) is 5.10 Å². The zero-order valence-corrected chi connectivity index (χ0v) is 24.3. The van der Waals surface area contributed by atoms with Crippen molar-refractivity contribution < 1.29 is 14.3 Å². The van der Waals surface area contributed by atoms with Crippen LogP contribution in [-0.4, -0.2) is 72.9 Å². The molecule has 1 aliphatic rings. The fraction of sp³-hybridized carbons (Fsp3) is 0.414. The second-order valence-corrected chi connectivity index (χ2v) is 11.5. The molecule has 0 bridgehead atoms. The molecule has 4 heterocycles. The summed E-state index contributed by atoms with van der Waals surface area (Å²) in [5.41, 5.74) is 4.59. The maximum atomic E-state index is 13.0. The molecule has 0 unspecified atom stereocenters. The minimum atomic E-state index is -0.550. The van der Waals surface area contributed by atoms with Gasteiger partial charge < -0.3 is 25.7 Å². The van der Waals surface area contributed by atoms with Crippen LogP contribution < -0.4 is 16.0 Å². The van der Waals surface area contributed by atoms with Crippen LogP contribution in [0.2, 0.25) is 0 Å². The smallest absolute Gasteiger partial charge is 0.407 e. The van der Waals surface area contributed by atoms with Crippen molar-refractivity contribution in [1.82, 2.24) is 34.9 Å². The summed E-state index contributed by atoms with van der Waals surface area (Å²) in [6.07, 6.45) is 4.01. The van der Waals surface area contributed by atoms with E-state index in [2.05, 4.69) is 31.0 Å². The van der Waals surface area contributed by atoms with Crippen LogP contribution in [0.1, 0.15) is 38.4 Å². The van der Waals surface area contributed by atoms with Gasteiger partial charge in [-0.3, -0.25) is 14.4 Å². The number of carbonyl (C=O) groups is 2. The monoisotopic (exact) mass is 559 g/mol. The first-order valence-corrected chi connectivity index (χ1v) is 13.7. The van der Waals surface area contributed by atoms with Crippen molar-refractivity contribution in [3.63, 3.8) is 0 Å². The second kappa shape index (κ2) is 11.2. The van der Waals surface area contributed by atoms with Crippen LogP contribution in [0.5, 0.6) is 0 Å². The molecule has 1 aromatic carbocycles. The van der Waals surface area contributed by atoms with Crippen molar-refractivity contribution >= 4 is 40.4 Å². The van der Waals surface area contributed by atoms with Gasteiger partial charge in [-0.05, 0) is 52.7 Å². The lowest BCUT2D eigenvalue weighted by Crippen LogP contribution is -2.41. The van der Waals surface area contributed by atoms with Gasteiger partial charge >= 0.3 is 6.09 Å². The molecule has 1 aliphatic heterocycles. The summed E-state index contributed by atoms with van der Waals surface area (Å²) in [4.78, 5) is 39.6. The van der Waals surface area contributed by atoms with Crippen LogP contribution in [0.4, 0.5) is 22.2 Å². The summed E-state index contributed by atoms with van der Waals surface area (Å²) in [7, 11) is 1.88. The number of nitrogens with zero attached hydrogens (tertiary/aromatic N) is 5. The summed E-state index contributed by atoms with van der Waals surface area (Å²) >= 11 is 0. The Labute approximate surface area is 238 Å². The molecule has 12 nitrogen and oxygen atoms in total. The summed E-state index contributed by atoms with van der Waals surface area (Å²) in [5.74, 6) is 1.00. The molecule has 216 valence electrons. The number of carbonyl (C=O) groups excluding carboxylic acids is 2. The second-order valence-electron chi connectivity index (χ2n) is 11.5. The van der Waals surface area contributed by atoms with Gasteiger partial charge in [0.2, 0.25) is 11.9 Å². The molecule has 0 spiro atoms. The lowest BCUT2D eigenvalue weighted by atomic mass is 10.1. The molecule has 2 amide bonds. The zero-order valence-electron chi connectivity index (χ0n) is 24.3. The first kappa shape index (κ1) is 28.1. The van der Waals surface area contributed by atoms with Crippen molar-refractivity contribution in [2.75, 3.05) is 30.3 Å². The Balaban J connectivity index is 1.26. The fourth-order valence-electron chi connectivity index (χ4n) is 4.93. The maximum Gasteiger partial charge on any atom is 0.407 e. The van der Waals surface area contributed by atoms with E-state index in [-0.39, 0.29) is 18.5 Å². The van der Waals surface area contributed by atoms with Gasteiger partial charge in [0.15, 0.2) is 5.82 Å². The van der Waals surface area contributed by atoms with Gasteiger partial charge in [0.1, 0.15) is 5.60 Å². The minimum Gasteiger partial charge on any atom is -0.444 e. The van der Waals surface area contributed by atoms with E-state index in [0.717, 1.165) is 39.8 Å². The third-order valence-electron chi connectivity index (χ3n) is 6.93. The Morgan fingerprint density at radius 2 is 2.02 bits per heavy atom. The Bertz CT molecular complexity index is 1560. The van der Waals surface area contributed by atoms with E-state index in [1.54, 1.807) is 10.9 Å². The van der Waals surface area contributed by atoms with Crippen LogP contribution in [0.25, 0.3) is 22.2 Å². The van der Waals surface area contributed by atoms with Crippen molar-refractivity contribution in [2.24, 2.45) is 7.05 Å². The number of aromatic nitrogens is 5. The van der Waals surface area contributed by atoms with E-state index in [1.807, 2.05) is 77.0 Å². The van der Waals surface area contributed by atoms with Gasteiger partial charge in [-0.1, -0.05) is 12.1 Å². The lowest BCUT2D eigenvalue weighted by molar-refractivity contribution is -0.117. The van der Waals surface area contributed by atoms with Crippen LogP contribution in [0.15, 0.2) is 36.7 Å². The van der Waals surface area contributed by atoms with Gasteiger partial charge in [0.05, 0.1) is 23.4 Å². The van der Waals surface area contributed by atoms with Crippen molar-refractivity contribution in [1.29, 1.82) is 0 Å². The highest BCUT2D eigenvalue weighted by Crippen LogP contribution is 2.33. The number of H-pyrrole nitrogens is 1. The topological polar surface area (TPSA) is 142 Å².